The number of hydrogen-bond acceptors (Lipinski definition) is 16. The first-order valence-corrected chi connectivity index (χ1v) is 20.5. The molecule has 2 saturated heterocycles. The van der Waals surface area contributed by atoms with Crippen LogP contribution in [0, 0.1) is 0 Å². The highest BCUT2D eigenvalue weighted by Crippen LogP contribution is 2.29. The van der Waals surface area contributed by atoms with Gasteiger partial charge in [0.15, 0.2) is 28.8 Å². The molecule has 23 heteroatoms. The molecular formula is C42H30BBrN2O17S2. The van der Waals surface area contributed by atoms with Crippen LogP contribution >= 0.6 is 39.5 Å². The number of benzene rings is 3. The molecule has 5 heterocycles. The van der Waals surface area contributed by atoms with Gasteiger partial charge in [-0.15, -0.1) is 0 Å². The fourth-order valence-electron chi connectivity index (χ4n) is 4.77. The van der Waals surface area contributed by atoms with Gasteiger partial charge in [0.2, 0.25) is 5.91 Å². The van der Waals surface area contributed by atoms with Gasteiger partial charge in [0.1, 0.15) is 17.3 Å². The lowest BCUT2D eigenvalue weighted by Gasteiger charge is -1.98. The zero-order chi connectivity index (χ0) is 47.6. The number of aromatic carboxylic acids is 3. The minimum Gasteiger partial charge on any atom is -0.478 e. The summed E-state index contributed by atoms with van der Waals surface area (Å²) < 4.78 is 16.2. The second kappa shape index (κ2) is 24.3. The summed E-state index contributed by atoms with van der Waals surface area (Å²) >= 11 is 4.87. The average molecular weight is 990 g/mol. The van der Waals surface area contributed by atoms with Gasteiger partial charge < -0.3 is 38.6 Å². The molecule has 2 aliphatic rings. The van der Waals surface area contributed by atoms with Gasteiger partial charge in [0.05, 0.1) is 27.3 Å². The predicted molar refractivity (Wildman–Crippen MR) is 238 cm³/mol. The molecule has 0 unspecified atom stereocenters. The lowest BCUT2D eigenvalue weighted by molar-refractivity contribution is -0.117. The van der Waals surface area contributed by atoms with Crippen molar-refractivity contribution in [1.29, 1.82) is 0 Å². The van der Waals surface area contributed by atoms with Crippen LogP contribution in [0.4, 0.5) is 9.59 Å². The molecule has 0 bridgehead atoms. The molecule has 19 nitrogen and oxygen atoms in total. The standard InChI is InChI=1S/C15H9NO5S.C12H8O4.C7H7BO4.C5H3BrO2.C3H3NO2S/c17-13-12(22-15(20)16-13)7-10-5-6-11(21-10)8-1-3-9(4-2-8)14(18)19;13-7-10-5-6-11(16-10)8-1-3-9(4-2-8)12(14)15;9-7(10)5-1-3-6(4-2-5)8(11)12;6-5-2-1-4(3-7)8-5;5-2-1-7-3(6)4-2/h1-7H,(H,18,19)(H,16,17,20);1-7H,(H,14,15);1-4,11-12H,(H,9,10);1-3H;1H2,(H,4,5,6)/b12-7-;;;;. The molecular weight excluding hydrogens is 959 g/mol. The van der Waals surface area contributed by atoms with Gasteiger partial charge in [-0.25, -0.2) is 14.4 Å². The van der Waals surface area contributed by atoms with Gasteiger partial charge in [-0.2, -0.15) is 0 Å². The number of nitrogens with one attached hydrogen (secondary N) is 2. The summed E-state index contributed by atoms with van der Waals surface area (Å²) in [6.45, 7) is 0. The predicted octanol–water partition coefficient (Wildman–Crippen LogP) is 6.31. The Balaban J connectivity index is 0.000000189. The maximum absolute atomic E-state index is 11.4. The van der Waals surface area contributed by atoms with E-state index in [-0.39, 0.29) is 44.0 Å². The Hall–Kier alpha value is -7.57. The van der Waals surface area contributed by atoms with Crippen molar-refractivity contribution in [1.82, 2.24) is 10.6 Å². The van der Waals surface area contributed by atoms with E-state index in [9.17, 15) is 43.2 Å². The van der Waals surface area contributed by atoms with Gasteiger partial charge in [-0.3, -0.25) is 39.4 Å². The summed E-state index contributed by atoms with van der Waals surface area (Å²) in [6.07, 6.45) is 2.76. The van der Waals surface area contributed by atoms with Crippen LogP contribution in [-0.2, 0) is 9.59 Å². The van der Waals surface area contributed by atoms with E-state index in [4.69, 9.17) is 38.6 Å². The number of amides is 4. The fraction of sp³-hybridized carbons (Fsp3) is 0.0238. The number of imide groups is 2. The summed E-state index contributed by atoms with van der Waals surface area (Å²) in [7, 11) is -1.55. The molecule has 0 saturated carbocycles. The van der Waals surface area contributed by atoms with Gasteiger partial charge in [0, 0.05) is 17.2 Å². The largest absolute Gasteiger partial charge is 0.488 e. The number of carboxylic acids is 3. The van der Waals surface area contributed by atoms with Crippen LogP contribution in [0.2, 0.25) is 0 Å². The average Bonchev–Trinajstić information content (AvgIpc) is 4.16. The summed E-state index contributed by atoms with van der Waals surface area (Å²) in [6, 6.07) is 27.7. The molecule has 0 spiro atoms. The number of aldehydes is 2. The third kappa shape index (κ3) is 15.9. The second-order valence-corrected chi connectivity index (χ2v) is 15.1. The third-order valence-electron chi connectivity index (χ3n) is 7.86. The molecule has 332 valence electrons. The van der Waals surface area contributed by atoms with Crippen molar-refractivity contribution >= 4 is 111 Å². The topological polar surface area (TPSA) is 318 Å². The molecule has 0 atom stereocenters. The van der Waals surface area contributed by atoms with Crippen molar-refractivity contribution in [3.8, 4) is 22.6 Å². The number of carbonyl (C=O) groups is 9. The van der Waals surface area contributed by atoms with Crippen molar-refractivity contribution in [2.75, 3.05) is 5.75 Å². The first-order valence-electron chi connectivity index (χ1n) is 17.9. The molecule has 3 aromatic carbocycles. The molecule has 65 heavy (non-hydrogen) atoms. The summed E-state index contributed by atoms with van der Waals surface area (Å²) in [5.74, 6) is -1.23. The highest BCUT2D eigenvalue weighted by atomic mass is 79.9. The van der Waals surface area contributed by atoms with Gasteiger partial charge in [0.25, 0.3) is 16.4 Å². The first kappa shape index (κ1) is 50.1. The first-order chi connectivity index (χ1) is 31.0. The van der Waals surface area contributed by atoms with Gasteiger partial charge in [-0.1, -0.05) is 48.2 Å². The van der Waals surface area contributed by atoms with Crippen molar-refractivity contribution < 1.29 is 81.8 Å². The van der Waals surface area contributed by atoms with Crippen LogP contribution in [0.1, 0.15) is 57.9 Å². The molecule has 0 aliphatic carbocycles. The SMILES string of the molecule is O=C(O)c1ccc(B(O)O)cc1.O=C1CSC(=O)N1.O=C1NC(=O)/C(=C/c2ccc(-c3ccc(C(=O)O)cc3)o2)S1.O=Cc1ccc(-c2ccc(C(=O)O)cc2)o1.O=Cc1ccc(Br)o1. The minimum absolute atomic E-state index is 0.124. The van der Waals surface area contributed by atoms with Crippen LogP contribution in [0.15, 0.2) is 132 Å². The Kier molecular flexibility index (Phi) is 18.7. The summed E-state index contributed by atoms with van der Waals surface area (Å²) in [4.78, 5) is 95.1. The lowest BCUT2D eigenvalue weighted by atomic mass is 9.80. The van der Waals surface area contributed by atoms with E-state index in [2.05, 4.69) is 26.6 Å². The van der Waals surface area contributed by atoms with E-state index >= 15 is 0 Å². The molecule has 8 rings (SSSR count). The zero-order valence-corrected chi connectivity index (χ0v) is 36.0. The van der Waals surface area contributed by atoms with Crippen LogP contribution in [0.25, 0.3) is 28.7 Å². The normalized spacial score (nSPS) is 12.9. The summed E-state index contributed by atoms with van der Waals surface area (Å²) in [5.41, 5.74) is 2.26. The van der Waals surface area contributed by atoms with Crippen LogP contribution in [-0.4, -0.2) is 91.0 Å². The number of carboxylic acid groups (broad SMARTS) is 3. The highest BCUT2D eigenvalue weighted by Gasteiger charge is 2.25. The monoisotopic (exact) mass is 988 g/mol. The fourth-order valence-corrected chi connectivity index (χ4v) is 6.27. The van der Waals surface area contributed by atoms with E-state index in [0.717, 1.165) is 29.1 Å². The number of carbonyl (C=O) groups excluding carboxylic acids is 6. The molecule has 7 N–H and O–H groups in total. The molecule has 2 fully saturated rings. The van der Waals surface area contributed by atoms with Gasteiger partial charge >= 0.3 is 25.0 Å². The van der Waals surface area contributed by atoms with E-state index in [0.29, 0.717) is 51.6 Å². The van der Waals surface area contributed by atoms with Crippen molar-refractivity contribution in [3.63, 3.8) is 0 Å². The van der Waals surface area contributed by atoms with Crippen LogP contribution in [0.3, 0.4) is 0 Å². The Labute approximate surface area is 382 Å². The summed E-state index contributed by atoms with van der Waals surface area (Å²) in [5, 5.41) is 47.0. The van der Waals surface area contributed by atoms with E-state index in [1.54, 1.807) is 60.7 Å². The van der Waals surface area contributed by atoms with Crippen molar-refractivity contribution in [2.45, 2.75) is 0 Å². The number of hydrogen-bond donors (Lipinski definition) is 7. The maximum Gasteiger partial charge on any atom is 0.488 e. The number of thioether (sulfide) groups is 2. The minimum atomic E-state index is -1.55. The smallest absolute Gasteiger partial charge is 0.478 e. The molecule has 3 aromatic heterocycles. The number of rotatable bonds is 9. The van der Waals surface area contributed by atoms with Gasteiger partial charge in [-0.05, 0) is 106 Å². The van der Waals surface area contributed by atoms with Crippen molar-refractivity contribution in [2.24, 2.45) is 0 Å². The number of furan rings is 3. The van der Waals surface area contributed by atoms with Crippen LogP contribution in [0.5, 0.6) is 0 Å². The molecule has 2 aliphatic heterocycles. The Bertz CT molecular complexity index is 2710. The molecule has 0 radical (unpaired) electrons. The molecule has 4 amide bonds. The molecule has 6 aromatic rings. The van der Waals surface area contributed by atoms with E-state index < -0.39 is 36.2 Å². The quantitative estimate of drug-likeness (QED) is 0.0474. The lowest BCUT2D eigenvalue weighted by Crippen LogP contribution is -2.29. The second-order valence-electron chi connectivity index (χ2n) is 12.3. The third-order valence-corrected chi connectivity index (χ3v) is 9.87. The van der Waals surface area contributed by atoms with E-state index in [1.165, 1.54) is 54.6 Å². The Morgan fingerprint density at radius 1 is 0.585 bits per heavy atom. The number of halogens is 1. The zero-order valence-electron chi connectivity index (χ0n) is 32.7. The van der Waals surface area contributed by atoms with Crippen molar-refractivity contribution in [3.05, 3.63) is 153 Å². The maximum atomic E-state index is 11.4. The Morgan fingerprint density at radius 3 is 1.35 bits per heavy atom. The van der Waals surface area contributed by atoms with E-state index in [1.807, 2.05) is 0 Å². The van der Waals surface area contributed by atoms with Crippen LogP contribution < -0.4 is 16.1 Å². The Morgan fingerprint density at radius 2 is 1.03 bits per heavy atom. The highest BCUT2D eigenvalue weighted by molar-refractivity contribution is 9.10.